The van der Waals surface area contributed by atoms with E-state index in [1.165, 1.54) is 12.4 Å². The predicted octanol–water partition coefficient (Wildman–Crippen LogP) is 4.85. The molecule has 0 saturated heterocycles. The number of halogens is 3. The third kappa shape index (κ3) is 4.69. The number of nitrogens with one attached hydrogen (secondary N) is 2. The Bertz CT molecular complexity index is 835. The maximum absolute atomic E-state index is 12.7. The van der Waals surface area contributed by atoms with Crippen molar-refractivity contribution in [2.45, 2.75) is 12.7 Å². The minimum Gasteiger partial charge on any atom is -0.366 e. The second-order valence-corrected chi connectivity index (χ2v) is 5.33. The predicted molar refractivity (Wildman–Crippen MR) is 90.5 cm³/mol. The van der Waals surface area contributed by atoms with E-state index in [2.05, 4.69) is 20.6 Å². The van der Waals surface area contributed by atoms with Crippen molar-refractivity contribution in [2.24, 2.45) is 0 Å². The minimum atomic E-state index is -4.35. The van der Waals surface area contributed by atoms with E-state index in [9.17, 15) is 13.2 Å². The van der Waals surface area contributed by atoms with Gasteiger partial charge in [-0.3, -0.25) is 0 Å². The third-order valence-electron chi connectivity index (χ3n) is 3.44. The van der Waals surface area contributed by atoms with Crippen LogP contribution < -0.4 is 10.6 Å². The second kappa shape index (κ2) is 7.21. The Morgan fingerprint density at radius 1 is 0.840 bits per heavy atom. The van der Waals surface area contributed by atoms with E-state index in [4.69, 9.17) is 0 Å². The molecule has 0 fully saturated rings. The van der Waals surface area contributed by atoms with Crippen LogP contribution in [0.2, 0.25) is 0 Å². The number of para-hydroxylation sites is 1. The molecule has 3 rings (SSSR count). The van der Waals surface area contributed by atoms with Gasteiger partial charge < -0.3 is 10.6 Å². The lowest BCUT2D eigenvalue weighted by atomic mass is 10.1. The van der Waals surface area contributed by atoms with Crippen molar-refractivity contribution in [2.75, 3.05) is 10.6 Å². The molecule has 4 nitrogen and oxygen atoms in total. The summed E-state index contributed by atoms with van der Waals surface area (Å²) in [6, 6.07) is 16.4. The lowest BCUT2D eigenvalue weighted by Crippen LogP contribution is -2.07. The SMILES string of the molecule is FC(F)(F)c1cccc(CNc2cc(Nc3ccccc3)ncn2)c1. The molecular formula is C18H15F3N4. The van der Waals surface area contributed by atoms with E-state index in [1.54, 1.807) is 12.1 Å². The lowest BCUT2D eigenvalue weighted by Gasteiger charge is -2.11. The number of rotatable bonds is 5. The van der Waals surface area contributed by atoms with Gasteiger partial charge >= 0.3 is 6.18 Å². The first-order valence-corrected chi connectivity index (χ1v) is 7.55. The van der Waals surface area contributed by atoms with Gasteiger partial charge in [0.2, 0.25) is 0 Å². The molecule has 0 radical (unpaired) electrons. The summed E-state index contributed by atoms with van der Waals surface area (Å²) >= 11 is 0. The topological polar surface area (TPSA) is 49.8 Å². The molecule has 0 unspecified atom stereocenters. The molecule has 2 N–H and O–H groups in total. The average molecular weight is 344 g/mol. The van der Waals surface area contributed by atoms with Crippen molar-refractivity contribution in [1.82, 2.24) is 9.97 Å². The molecular weight excluding hydrogens is 329 g/mol. The maximum atomic E-state index is 12.7. The average Bonchev–Trinajstić information content (AvgIpc) is 2.61. The molecule has 0 bridgehead atoms. The molecule has 0 aliphatic rings. The van der Waals surface area contributed by atoms with Gasteiger partial charge in [0.1, 0.15) is 18.0 Å². The van der Waals surface area contributed by atoms with Gasteiger partial charge in [-0.1, -0.05) is 30.3 Å². The maximum Gasteiger partial charge on any atom is 0.416 e. The zero-order chi connectivity index (χ0) is 17.7. The number of anilines is 3. The Hall–Kier alpha value is -3.09. The Kier molecular flexibility index (Phi) is 4.83. The van der Waals surface area contributed by atoms with Crippen molar-refractivity contribution in [3.63, 3.8) is 0 Å². The largest absolute Gasteiger partial charge is 0.416 e. The van der Waals surface area contributed by atoms with E-state index in [0.29, 0.717) is 17.2 Å². The van der Waals surface area contributed by atoms with Crippen LogP contribution in [0.5, 0.6) is 0 Å². The summed E-state index contributed by atoms with van der Waals surface area (Å²) in [6.07, 6.45) is -2.96. The summed E-state index contributed by atoms with van der Waals surface area (Å²) in [5.74, 6) is 1.11. The van der Waals surface area contributed by atoms with Gasteiger partial charge in [-0.2, -0.15) is 13.2 Å². The van der Waals surface area contributed by atoms with E-state index in [1.807, 2.05) is 30.3 Å². The first-order chi connectivity index (χ1) is 12.0. The van der Waals surface area contributed by atoms with Gasteiger partial charge in [-0.25, -0.2) is 9.97 Å². The number of benzene rings is 2. The van der Waals surface area contributed by atoms with E-state index in [-0.39, 0.29) is 6.54 Å². The Labute approximate surface area is 142 Å². The molecule has 1 aromatic heterocycles. The molecule has 2 aromatic carbocycles. The Morgan fingerprint density at radius 3 is 2.36 bits per heavy atom. The summed E-state index contributed by atoms with van der Waals surface area (Å²) in [7, 11) is 0. The quantitative estimate of drug-likeness (QED) is 0.695. The van der Waals surface area contributed by atoms with E-state index in [0.717, 1.165) is 17.8 Å². The van der Waals surface area contributed by atoms with Crippen LogP contribution in [0.3, 0.4) is 0 Å². The van der Waals surface area contributed by atoms with Gasteiger partial charge in [0.05, 0.1) is 5.56 Å². The van der Waals surface area contributed by atoms with E-state index < -0.39 is 11.7 Å². The zero-order valence-corrected chi connectivity index (χ0v) is 13.1. The molecule has 25 heavy (non-hydrogen) atoms. The van der Waals surface area contributed by atoms with Gasteiger partial charge in [-0.05, 0) is 29.8 Å². The summed E-state index contributed by atoms with van der Waals surface area (Å²) < 4.78 is 38.2. The zero-order valence-electron chi connectivity index (χ0n) is 13.1. The molecule has 0 saturated carbocycles. The van der Waals surface area contributed by atoms with Crippen LogP contribution in [0, 0.1) is 0 Å². The molecule has 3 aromatic rings. The molecule has 0 amide bonds. The second-order valence-electron chi connectivity index (χ2n) is 5.33. The fourth-order valence-electron chi connectivity index (χ4n) is 2.24. The van der Waals surface area contributed by atoms with Crippen molar-refractivity contribution < 1.29 is 13.2 Å². The molecule has 128 valence electrons. The Balaban J connectivity index is 1.67. The molecule has 0 atom stereocenters. The lowest BCUT2D eigenvalue weighted by molar-refractivity contribution is -0.137. The number of aromatic nitrogens is 2. The summed E-state index contributed by atoms with van der Waals surface area (Å²) in [4.78, 5) is 8.21. The van der Waals surface area contributed by atoms with Gasteiger partial charge in [0.15, 0.2) is 0 Å². The standard InChI is InChI=1S/C18H15F3N4/c19-18(20,21)14-6-4-5-13(9-14)11-22-16-10-17(24-12-23-16)25-15-7-2-1-3-8-15/h1-10,12H,11H2,(H2,22,23,24,25). The highest BCUT2D eigenvalue weighted by atomic mass is 19.4. The molecule has 0 spiro atoms. The van der Waals surface area contributed by atoms with Crippen molar-refractivity contribution in [3.8, 4) is 0 Å². The fraction of sp³-hybridized carbons (Fsp3) is 0.111. The smallest absolute Gasteiger partial charge is 0.366 e. The van der Waals surface area contributed by atoms with Gasteiger partial charge in [0.25, 0.3) is 0 Å². The molecule has 7 heteroatoms. The van der Waals surface area contributed by atoms with Crippen LogP contribution in [0.25, 0.3) is 0 Å². The van der Waals surface area contributed by atoms with Crippen molar-refractivity contribution in [1.29, 1.82) is 0 Å². The summed E-state index contributed by atoms with van der Waals surface area (Å²) in [5, 5.41) is 6.14. The first kappa shape index (κ1) is 16.8. The molecule has 0 aliphatic carbocycles. The minimum absolute atomic E-state index is 0.228. The highest BCUT2D eigenvalue weighted by Gasteiger charge is 2.30. The van der Waals surface area contributed by atoms with Gasteiger partial charge in [0, 0.05) is 18.3 Å². The third-order valence-corrected chi connectivity index (χ3v) is 3.44. The van der Waals surface area contributed by atoms with Crippen LogP contribution in [-0.4, -0.2) is 9.97 Å². The highest BCUT2D eigenvalue weighted by molar-refractivity contribution is 5.58. The monoisotopic (exact) mass is 344 g/mol. The number of nitrogens with zero attached hydrogens (tertiary/aromatic N) is 2. The number of hydrogen-bond acceptors (Lipinski definition) is 4. The van der Waals surface area contributed by atoms with Crippen LogP contribution in [-0.2, 0) is 12.7 Å². The fourth-order valence-corrected chi connectivity index (χ4v) is 2.24. The Morgan fingerprint density at radius 2 is 1.60 bits per heavy atom. The molecule has 0 aliphatic heterocycles. The summed E-state index contributed by atoms with van der Waals surface area (Å²) in [6.45, 7) is 0.228. The highest BCUT2D eigenvalue weighted by Crippen LogP contribution is 2.29. The normalized spacial score (nSPS) is 11.2. The number of alkyl halides is 3. The van der Waals surface area contributed by atoms with Crippen molar-refractivity contribution in [3.05, 3.63) is 78.1 Å². The van der Waals surface area contributed by atoms with Gasteiger partial charge in [-0.15, -0.1) is 0 Å². The van der Waals surface area contributed by atoms with Crippen LogP contribution >= 0.6 is 0 Å². The van der Waals surface area contributed by atoms with Crippen LogP contribution in [0.4, 0.5) is 30.5 Å². The first-order valence-electron chi connectivity index (χ1n) is 7.55. The van der Waals surface area contributed by atoms with E-state index >= 15 is 0 Å². The van der Waals surface area contributed by atoms with Crippen molar-refractivity contribution >= 4 is 17.3 Å². The van der Waals surface area contributed by atoms with Crippen LogP contribution in [0.15, 0.2) is 67.0 Å². The number of hydrogen-bond donors (Lipinski definition) is 2. The summed E-state index contributed by atoms with van der Waals surface area (Å²) in [5.41, 5.74) is 0.733. The van der Waals surface area contributed by atoms with Crippen LogP contribution in [0.1, 0.15) is 11.1 Å². The molecule has 1 heterocycles.